The van der Waals surface area contributed by atoms with Gasteiger partial charge in [-0.1, -0.05) is 96.5 Å². The van der Waals surface area contributed by atoms with Crippen molar-refractivity contribution in [3.05, 3.63) is 142 Å². The van der Waals surface area contributed by atoms with E-state index in [0.717, 1.165) is 52.8 Å². The van der Waals surface area contributed by atoms with Gasteiger partial charge in [-0.25, -0.2) is 18.2 Å². The molecule has 0 spiro atoms. The standard InChI is InChI=1S/C38H34ClN3O5S/c39-34-19-18-31(48(45,46)41-21-20-27-12-7-8-15-30(27)24-41)23-33(34)38(44)47-25-35(43)42-37(28-13-5-2-6-14-28)32-17-9-16-29(36(32)40-42)22-26-10-3-1-4-11-26/h1-8,10-15,18-19,22-23,32,37H,9,16-17,20-21,24-25H2/b29-22-/t32-,37+/m1/s1. The van der Waals surface area contributed by atoms with Crippen molar-refractivity contribution in [2.45, 2.75) is 43.2 Å². The number of allylic oxidation sites excluding steroid dienone is 1. The van der Waals surface area contributed by atoms with Crippen molar-refractivity contribution in [2.75, 3.05) is 13.2 Å². The fourth-order valence-corrected chi connectivity index (χ4v) is 8.50. The van der Waals surface area contributed by atoms with E-state index in [-0.39, 0.29) is 34.0 Å². The molecule has 1 aliphatic carbocycles. The van der Waals surface area contributed by atoms with Crippen molar-refractivity contribution in [3.63, 3.8) is 0 Å². The van der Waals surface area contributed by atoms with Gasteiger partial charge in [-0.3, -0.25) is 4.79 Å². The molecule has 7 rings (SSSR count). The average molecular weight is 680 g/mol. The molecule has 0 bridgehead atoms. The Balaban J connectivity index is 1.11. The number of fused-ring (bicyclic) bond motifs is 2. The highest BCUT2D eigenvalue weighted by Gasteiger charge is 2.44. The number of ether oxygens (including phenoxy) is 1. The lowest BCUT2D eigenvalue weighted by molar-refractivity contribution is -0.137. The van der Waals surface area contributed by atoms with Crippen LogP contribution in [0.1, 0.15) is 57.9 Å². The highest BCUT2D eigenvalue weighted by Crippen LogP contribution is 2.44. The number of amides is 1. The third-order valence-corrected chi connectivity index (χ3v) is 11.4. The van der Waals surface area contributed by atoms with Gasteiger partial charge < -0.3 is 4.74 Å². The van der Waals surface area contributed by atoms with E-state index in [1.165, 1.54) is 27.5 Å². The van der Waals surface area contributed by atoms with Crippen molar-refractivity contribution >= 4 is 45.3 Å². The van der Waals surface area contributed by atoms with Gasteiger partial charge >= 0.3 is 5.97 Å². The second kappa shape index (κ2) is 13.5. The van der Waals surface area contributed by atoms with Crippen LogP contribution in [0.3, 0.4) is 0 Å². The summed E-state index contributed by atoms with van der Waals surface area (Å²) in [4.78, 5) is 27.0. The summed E-state index contributed by atoms with van der Waals surface area (Å²) in [5, 5.41) is 6.33. The topological polar surface area (TPSA) is 96.4 Å². The number of halogens is 1. The first kappa shape index (κ1) is 32.0. The summed E-state index contributed by atoms with van der Waals surface area (Å²) in [5.74, 6) is -1.38. The molecule has 0 saturated heterocycles. The number of rotatable bonds is 7. The van der Waals surface area contributed by atoms with Crippen LogP contribution in [-0.4, -0.2) is 48.5 Å². The van der Waals surface area contributed by atoms with Crippen molar-refractivity contribution in [1.29, 1.82) is 0 Å². The molecule has 2 aliphatic heterocycles. The summed E-state index contributed by atoms with van der Waals surface area (Å²) in [6.07, 6.45) is 5.41. The predicted molar refractivity (Wildman–Crippen MR) is 185 cm³/mol. The van der Waals surface area contributed by atoms with E-state index in [0.29, 0.717) is 13.0 Å². The molecular formula is C38H34ClN3O5S. The first-order chi connectivity index (χ1) is 23.3. The van der Waals surface area contributed by atoms with Crippen LogP contribution in [0.5, 0.6) is 0 Å². The van der Waals surface area contributed by atoms with Crippen LogP contribution in [0.4, 0.5) is 0 Å². The lowest BCUT2D eigenvalue weighted by atomic mass is 9.77. The highest BCUT2D eigenvalue weighted by atomic mass is 35.5. The molecule has 4 aromatic rings. The van der Waals surface area contributed by atoms with Gasteiger partial charge in [-0.05, 0) is 77.8 Å². The van der Waals surface area contributed by atoms with E-state index in [2.05, 4.69) is 6.08 Å². The highest BCUT2D eigenvalue weighted by molar-refractivity contribution is 7.89. The first-order valence-electron chi connectivity index (χ1n) is 16.0. The van der Waals surface area contributed by atoms with Gasteiger partial charge in [0.05, 0.1) is 27.2 Å². The Morgan fingerprint density at radius 2 is 1.60 bits per heavy atom. The summed E-state index contributed by atoms with van der Waals surface area (Å²) < 4.78 is 34.1. The summed E-state index contributed by atoms with van der Waals surface area (Å²) in [5.41, 5.74) is 5.92. The van der Waals surface area contributed by atoms with Crippen LogP contribution in [-0.2, 0) is 32.5 Å². The lowest BCUT2D eigenvalue weighted by Crippen LogP contribution is -2.36. The predicted octanol–water partition coefficient (Wildman–Crippen LogP) is 7.07. The molecule has 1 amide bonds. The van der Waals surface area contributed by atoms with Crippen molar-refractivity contribution in [2.24, 2.45) is 11.0 Å². The van der Waals surface area contributed by atoms with E-state index < -0.39 is 28.5 Å². The minimum absolute atomic E-state index is 0.00570. The van der Waals surface area contributed by atoms with Crippen LogP contribution in [0, 0.1) is 5.92 Å². The molecule has 10 heteroatoms. The number of esters is 1. The smallest absolute Gasteiger partial charge is 0.340 e. The Kier molecular flexibility index (Phi) is 9.00. The molecule has 0 unspecified atom stereocenters. The fourth-order valence-electron chi connectivity index (χ4n) is 6.86. The zero-order valence-corrected chi connectivity index (χ0v) is 27.7. The summed E-state index contributed by atoms with van der Waals surface area (Å²) in [7, 11) is -3.93. The van der Waals surface area contributed by atoms with Gasteiger partial charge in [0.2, 0.25) is 10.0 Å². The second-order valence-corrected chi connectivity index (χ2v) is 14.6. The Morgan fingerprint density at radius 1 is 0.896 bits per heavy atom. The molecule has 2 atom stereocenters. The first-order valence-corrected chi connectivity index (χ1v) is 17.9. The summed E-state index contributed by atoms with van der Waals surface area (Å²) >= 11 is 6.37. The van der Waals surface area contributed by atoms with E-state index in [4.69, 9.17) is 21.4 Å². The molecule has 2 heterocycles. The van der Waals surface area contributed by atoms with Crippen molar-refractivity contribution in [1.82, 2.24) is 9.31 Å². The Morgan fingerprint density at radius 3 is 2.38 bits per heavy atom. The fraction of sp³-hybridized carbons (Fsp3) is 0.237. The minimum Gasteiger partial charge on any atom is -0.452 e. The third kappa shape index (κ3) is 6.33. The summed E-state index contributed by atoms with van der Waals surface area (Å²) in [6.45, 7) is -0.0282. The number of nitrogens with zero attached hydrogens (tertiary/aromatic N) is 3. The maximum atomic E-state index is 13.8. The summed E-state index contributed by atoms with van der Waals surface area (Å²) in [6, 6.07) is 31.2. The van der Waals surface area contributed by atoms with Gasteiger partial charge in [0.1, 0.15) is 0 Å². The molecular weight excluding hydrogens is 646 g/mol. The van der Waals surface area contributed by atoms with Gasteiger partial charge in [0, 0.05) is 19.0 Å². The number of hydrazone groups is 1. The van der Waals surface area contributed by atoms with E-state index in [1.54, 1.807) is 0 Å². The Hall–Kier alpha value is -4.57. The molecule has 1 saturated carbocycles. The maximum absolute atomic E-state index is 13.8. The number of sulfonamides is 1. The molecule has 244 valence electrons. The van der Waals surface area contributed by atoms with E-state index >= 15 is 0 Å². The van der Waals surface area contributed by atoms with Gasteiger partial charge in [0.15, 0.2) is 6.61 Å². The van der Waals surface area contributed by atoms with Crippen LogP contribution >= 0.6 is 11.6 Å². The largest absolute Gasteiger partial charge is 0.452 e. The van der Waals surface area contributed by atoms with Gasteiger partial charge in [0.25, 0.3) is 5.91 Å². The SMILES string of the molecule is O=C(OCC(=O)N1N=C2/C(=C\c3ccccc3)CCC[C@H]2[C@@H]1c1ccccc1)c1cc(S(=O)(=O)N2CCc3ccccc3C2)ccc1Cl. The van der Waals surface area contributed by atoms with E-state index in [1.807, 2.05) is 84.9 Å². The molecule has 3 aliphatic rings. The van der Waals surface area contributed by atoms with Gasteiger partial charge in [-0.15, -0.1) is 0 Å². The quantitative estimate of drug-likeness (QED) is 0.195. The third-order valence-electron chi connectivity index (χ3n) is 9.26. The van der Waals surface area contributed by atoms with Crippen LogP contribution < -0.4 is 0 Å². The van der Waals surface area contributed by atoms with Crippen molar-refractivity contribution < 1.29 is 22.7 Å². The lowest BCUT2D eigenvalue weighted by Gasteiger charge is -2.29. The Bertz CT molecular complexity index is 2030. The molecule has 8 nitrogen and oxygen atoms in total. The molecule has 0 radical (unpaired) electrons. The van der Waals surface area contributed by atoms with Crippen LogP contribution in [0.15, 0.2) is 119 Å². The maximum Gasteiger partial charge on any atom is 0.340 e. The van der Waals surface area contributed by atoms with Crippen LogP contribution in [0.2, 0.25) is 5.02 Å². The monoisotopic (exact) mass is 679 g/mol. The Labute approximate surface area is 285 Å². The zero-order valence-electron chi connectivity index (χ0n) is 26.2. The van der Waals surface area contributed by atoms with E-state index in [9.17, 15) is 18.0 Å². The van der Waals surface area contributed by atoms with Gasteiger partial charge in [-0.2, -0.15) is 9.41 Å². The number of carbonyl (C=O) groups excluding carboxylic acids is 2. The number of hydrogen-bond acceptors (Lipinski definition) is 6. The average Bonchev–Trinajstić information content (AvgIpc) is 3.52. The number of hydrogen-bond donors (Lipinski definition) is 0. The zero-order chi connectivity index (χ0) is 33.3. The molecule has 48 heavy (non-hydrogen) atoms. The molecule has 0 aromatic heterocycles. The second-order valence-electron chi connectivity index (χ2n) is 12.2. The molecule has 1 fully saturated rings. The number of carbonyl (C=O) groups is 2. The minimum atomic E-state index is -3.93. The van der Waals surface area contributed by atoms with Crippen molar-refractivity contribution in [3.8, 4) is 0 Å². The molecule has 0 N–H and O–H groups in total. The number of benzene rings is 4. The van der Waals surface area contributed by atoms with Crippen LogP contribution in [0.25, 0.3) is 6.08 Å². The normalized spacial score (nSPS) is 20.1. The molecule has 4 aromatic carbocycles.